The number of amides is 1. The molecule has 180 valence electrons. The number of benzene rings is 3. The number of rotatable bonds is 5. The van der Waals surface area contributed by atoms with Gasteiger partial charge < -0.3 is 14.4 Å². The smallest absolute Gasteiger partial charge is 0.339 e. The molecule has 0 N–H and O–H groups in total. The average Bonchev–Trinajstić information content (AvgIpc) is 3.14. The molecule has 2 heterocycles. The van der Waals surface area contributed by atoms with Crippen molar-refractivity contribution < 1.29 is 19.1 Å². The summed E-state index contributed by atoms with van der Waals surface area (Å²) >= 11 is 0. The lowest BCUT2D eigenvalue weighted by molar-refractivity contribution is 0.0252. The first kappa shape index (κ1) is 23.1. The van der Waals surface area contributed by atoms with Crippen LogP contribution in [0, 0.1) is 0 Å². The van der Waals surface area contributed by atoms with Gasteiger partial charge in [-0.05, 0) is 53.4 Å². The molecule has 0 spiro atoms. The number of fused-ring (bicyclic) bond motifs is 1. The zero-order valence-electron chi connectivity index (χ0n) is 20.0. The molecule has 6 heteroatoms. The van der Waals surface area contributed by atoms with Crippen molar-refractivity contribution in [3.63, 3.8) is 0 Å². The van der Waals surface area contributed by atoms with Crippen molar-refractivity contribution in [2.75, 3.05) is 33.3 Å². The summed E-state index contributed by atoms with van der Waals surface area (Å²) in [4.78, 5) is 30.3. The number of esters is 1. The van der Waals surface area contributed by atoms with E-state index in [4.69, 9.17) is 9.47 Å². The van der Waals surface area contributed by atoms with E-state index in [1.165, 1.54) is 5.56 Å². The fraction of sp³-hybridized carbons (Fsp3) is 0.310. The van der Waals surface area contributed by atoms with E-state index in [-0.39, 0.29) is 18.0 Å². The molecule has 3 aromatic carbocycles. The van der Waals surface area contributed by atoms with Crippen molar-refractivity contribution in [3.05, 3.63) is 101 Å². The van der Waals surface area contributed by atoms with Crippen LogP contribution in [0.25, 0.3) is 0 Å². The van der Waals surface area contributed by atoms with Gasteiger partial charge in [-0.3, -0.25) is 9.69 Å². The maximum atomic E-state index is 13.4. The first-order valence-corrected chi connectivity index (χ1v) is 12.1. The first-order chi connectivity index (χ1) is 17.1. The minimum atomic E-state index is -0.331. The van der Waals surface area contributed by atoms with Crippen LogP contribution in [0.2, 0.25) is 0 Å². The highest BCUT2D eigenvalue weighted by Gasteiger charge is 2.29. The molecule has 2 aliphatic heterocycles. The Labute approximate surface area is 206 Å². The van der Waals surface area contributed by atoms with Crippen molar-refractivity contribution >= 4 is 11.9 Å². The van der Waals surface area contributed by atoms with Crippen molar-refractivity contribution in [2.24, 2.45) is 0 Å². The lowest BCUT2D eigenvalue weighted by atomic mass is 9.93. The van der Waals surface area contributed by atoms with Crippen LogP contribution < -0.4 is 4.74 Å². The molecule has 0 bridgehead atoms. The monoisotopic (exact) mass is 470 g/mol. The fourth-order valence-electron chi connectivity index (χ4n) is 4.89. The molecule has 1 fully saturated rings. The van der Waals surface area contributed by atoms with Crippen LogP contribution in [0.1, 0.15) is 49.9 Å². The molecule has 3 aromatic rings. The Bertz CT molecular complexity index is 1190. The number of ether oxygens (including phenoxy) is 2. The Morgan fingerprint density at radius 1 is 0.971 bits per heavy atom. The number of hydrogen-bond donors (Lipinski definition) is 0. The lowest BCUT2D eigenvalue weighted by Crippen LogP contribution is -2.35. The minimum absolute atomic E-state index is 0.0225. The highest BCUT2D eigenvalue weighted by Crippen LogP contribution is 2.31. The van der Waals surface area contributed by atoms with Gasteiger partial charge in [0.2, 0.25) is 0 Å². The average molecular weight is 471 g/mol. The van der Waals surface area contributed by atoms with E-state index in [0.29, 0.717) is 24.1 Å². The molecule has 2 aliphatic rings. The Morgan fingerprint density at radius 2 is 1.77 bits per heavy atom. The molecule has 0 unspecified atom stereocenters. The summed E-state index contributed by atoms with van der Waals surface area (Å²) in [7, 11) is 1.67. The number of hydrogen-bond acceptors (Lipinski definition) is 5. The zero-order valence-corrected chi connectivity index (χ0v) is 20.0. The molecule has 0 aliphatic carbocycles. The van der Waals surface area contributed by atoms with Gasteiger partial charge in [0.25, 0.3) is 5.91 Å². The molecule has 1 atom stereocenters. The summed E-state index contributed by atoms with van der Waals surface area (Å²) in [6.45, 7) is 4.04. The van der Waals surface area contributed by atoms with Crippen LogP contribution in [-0.2, 0) is 17.7 Å². The van der Waals surface area contributed by atoms with Crippen LogP contribution in [0.4, 0.5) is 0 Å². The van der Waals surface area contributed by atoms with Gasteiger partial charge in [0, 0.05) is 44.7 Å². The second-order valence-electron chi connectivity index (χ2n) is 9.15. The molecular weight excluding hydrogens is 440 g/mol. The summed E-state index contributed by atoms with van der Waals surface area (Å²) in [5, 5.41) is 0. The topological polar surface area (TPSA) is 59.1 Å². The standard InChI is InChI=1S/C29H30N2O4/c1-34-25-11-8-21(9-12-25)20-30-14-5-15-31(17-16-30)28(32)23-10-13-26-24(18-23)19-27(35-29(26)33)22-6-3-2-4-7-22/h2-4,6-13,18,27H,5,14-17,19-20H2,1H3/t27-/m1/s1. The van der Waals surface area contributed by atoms with Crippen molar-refractivity contribution in [1.82, 2.24) is 9.80 Å². The van der Waals surface area contributed by atoms with Gasteiger partial charge >= 0.3 is 5.97 Å². The molecule has 35 heavy (non-hydrogen) atoms. The normalized spacial score (nSPS) is 18.4. The van der Waals surface area contributed by atoms with E-state index in [1.807, 2.05) is 53.4 Å². The van der Waals surface area contributed by atoms with Crippen molar-refractivity contribution in [3.8, 4) is 5.75 Å². The van der Waals surface area contributed by atoms with Gasteiger partial charge in [-0.25, -0.2) is 4.79 Å². The minimum Gasteiger partial charge on any atom is -0.497 e. The molecule has 0 radical (unpaired) electrons. The largest absolute Gasteiger partial charge is 0.497 e. The number of methoxy groups -OCH3 is 1. The molecule has 5 rings (SSSR count). The molecule has 0 saturated carbocycles. The zero-order chi connectivity index (χ0) is 24.2. The number of nitrogens with zero attached hydrogens (tertiary/aromatic N) is 2. The van der Waals surface area contributed by atoms with E-state index in [1.54, 1.807) is 19.2 Å². The quantitative estimate of drug-likeness (QED) is 0.514. The third-order valence-corrected chi connectivity index (χ3v) is 6.84. The summed E-state index contributed by atoms with van der Waals surface area (Å²) in [6, 6.07) is 23.3. The van der Waals surface area contributed by atoms with Crippen LogP contribution in [0.3, 0.4) is 0 Å². The number of cyclic esters (lactones) is 1. The van der Waals surface area contributed by atoms with E-state index in [0.717, 1.165) is 49.5 Å². The summed E-state index contributed by atoms with van der Waals surface area (Å²) in [6.07, 6.45) is 1.17. The van der Waals surface area contributed by atoms with Gasteiger partial charge in [-0.15, -0.1) is 0 Å². The van der Waals surface area contributed by atoms with E-state index >= 15 is 0 Å². The van der Waals surface area contributed by atoms with Crippen molar-refractivity contribution in [2.45, 2.75) is 25.5 Å². The lowest BCUT2D eigenvalue weighted by Gasteiger charge is -2.26. The van der Waals surface area contributed by atoms with Gasteiger partial charge in [0.15, 0.2) is 0 Å². The Morgan fingerprint density at radius 3 is 2.54 bits per heavy atom. The third-order valence-electron chi connectivity index (χ3n) is 6.84. The molecule has 1 saturated heterocycles. The fourth-order valence-corrected chi connectivity index (χ4v) is 4.89. The molecular formula is C29H30N2O4. The second kappa shape index (κ2) is 10.3. The van der Waals surface area contributed by atoms with Gasteiger partial charge in [-0.2, -0.15) is 0 Å². The Balaban J connectivity index is 1.25. The molecule has 6 nitrogen and oxygen atoms in total. The van der Waals surface area contributed by atoms with Gasteiger partial charge in [0.1, 0.15) is 11.9 Å². The van der Waals surface area contributed by atoms with Crippen LogP contribution in [0.5, 0.6) is 5.75 Å². The van der Waals surface area contributed by atoms with Gasteiger partial charge in [0.05, 0.1) is 12.7 Å². The van der Waals surface area contributed by atoms with Crippen LogP contribution in [0.15, 0.2) is 72.8 Å². The Kier molecular flexibility index (Phi) is 6.82. The number of carbonyl (C=O) groups excluding carboxylic acids is 2. The maximum absolute atomic E-state index is 13.4. The van der Waals surface area contributed by atoms with E-state index < -0.39 is 0 Å². The predicted molar refractivity (Wildman–Crippen MR) is 134 cm³/mol. The second-order valence-corrected chi connectivity index (χ2v) is 9.15. The van der Waals surface area contributed by atoms with Gasteiger partial charge in [-0.1, -0.05) is 42.5 Å². The van der Waals surface area contributed by atoms with E-state index in [9.17, 15) is 9.59 Å². The summed E-state index contributed by atoms with van der Waals surface area (Å²) in [5.74, 6) is 0.548. The highest BCUT2D eigenvalue weighted by molar-refractivity contribution is 5.97. The third kappa shape index (κ3) is 5.23. The highest BCUT2D eigenvalue weighted by atomic mass is 16.5. The summed E-state index contributed by atoms with van der Waals surface area (Å²) in [5.41, 5.74) is 4.26. The van der Waals surface area contributed by atoms with Crippen LogP contribution in [-0.4, -0.2) is 55.0 Å². The Hall–Kier alpha value is -3.64. The van der Waals surface area contributed by atoms with Crippen LogP contribution >= 0.6 is 0 Å². The van der Waals surface area contributed by atoms with Crippen molar-refractivity contribution in [1.29, 1.82) is 0 Å². The molecule has 1 amide bonds. The molecule has 0 aromatic heterocycles. The first-order valence-electron chi connectivity index (χ1n) is 12.1. The summed E-state index contributed by atoms with van der Waals surface area (Å²) < 4.78 is 10.9. The SMILES string of the molecule is COc1ccc(CN2CCCN(C(=O)c3ccc4c(c3)C[C@H](c3ccccc3)OC4=O)CC2)cc1. The van der Waals surface area contributed by atoms with E-state index in [2.05, 4.69) is 17.0 Å². The maximum Gasteiger partial charge on any atom is 0.339 e. The number of carbonyl (C=O) groups is 2. The predicted octanol–water partition coefficient (Wildman–Crippen LogP) is 4.50.